The number of anilines is 2. The van der Waals surface area contributed by atoms with E-state index in [0.29, 0.717) is 38.0 Å². The SMILES string of the molecule is O=C(CN1C(=O)C2(CCC(Oc3ccc4c(c3)CNN4)CC2)c2c1ccc(F)c2Cl)NCC(F)(F)F. The van der Waals surface area contributed by atoms with Crippen molar-refractivity contribution in [1.82, 2.24) is 10.7 Å². The lowest BCUT2D eigenvalue weighted by Gasteiger charge is -2.36. The number of benzene rings is 2. The highest BCUT2D eigenvalue weighted by atomic mass is 35.5. The minimum absolute atomic E-state index is 0.191. The number of amides is 2. The monoisotopic (exact) mass is 526 g/mol. The molecule has 7 nitrogen and oxygen atoms in total. The summed E-state index contributed by atoms with van der Waals surface area (Å²) in [5.74, 6) is -1.45. The molecule has 1 aliphatic carbocycles. The zero-order valence-corrected chi connectivity index (χ0v) is 19.7. The lowest BCUT2D eigenvalue weighted by molar-refractivity contribution is -0.138. The van der Waals surface area contributed by atoms with Gasteiger partial charge in [-0.25, -0.2) is 9.82 Å². The Bertz CT molecular complexity index is 1210. The molecule has 1 fully saturated rings. The molecule has 192 valence electrons. The van der Waals surface area contributed by atoms with Gasteiger partial charge >= 0.3 is 6.18 Å². The van der Waals surface area contributed by atoms with E-state index < -0.39 is 42.3 Å². The predicted octanol–water partition coefficient (Wildman–Crippen LogP) is 4.19. The number of hydrogen-bond acceptors (Lipinski definition) is 5. The molecule has 1 spiro atoms. The molecular formula is C24H23ClF4N4O3. The molecule has 0 unspecified atom stereocenters. The van der Waals surface area contributed by atoms with Crippen LogP contribution < -0.4 is 25.8 Å². The fourth-order valence-electron chi connectivity index (χ4n) is 5.26. The summed E-state index contributed by atoms with van der Waals surface area (Å²) >= 11 is 6.32. The molecule has 5 rings (SSSR count). The van der Waals surface area contributed by atoms with Gasteiger partial charge in [-0.2, -0.15) is 13.2 Å². The van der Waals surface area contributed by atoms with E-state index in [0.717, 1.165) is 22.2 Å². The Balaban J connectivity index is 1.34. The number of carbonyl (C=O) groups is 2. The molecule has 1 saturated carbocycles. The van der Waals surface area contributed by atoms with Crippen molar-refractivity contribution < 1.29 is 31.9 Å². The molecule has 0 radical (unpaired) electrons. The van der Waals surface area contributed by atoms with Gasteiger partial charge in [-0.05, 0) is 61.6 Å². The number of alkyl halides is 3. The van der Waals surface area contributed by atoms with E-state index in [4.69, 9.17) is 16.3 Å². The molecule has 36 heavy (non-hydrogen) atoms. The molecule has 2 aromatic carbocycles. The highest BCUT2D eigenvalue weighted by molar-refractivity contribution is 6.33. The molecule has 0 aromatic heterocycles. The number of carbonyl (C=O) groups excluding carboxylic acids is 2. The molecular weight excluding hydrogens is 504 g/mol. The molecule has 2 aromatic rings. The maximum Gasteiger partial charge on any atom is 0.405 e. The summed E-state index contributed by atoms with van der Waals surface area (Å²) < 4.78 is 58.2. The number of nitrogens with zero attached hydrogens (tertiary/aromatic N) is 1. The maximum atomic E-state index is 14.5. The van der Waals surface area contributed by atoms with Crippen LogP contribution in [0.1, 0.15) is 36.8 Å². The van der Waals surface area contributed by atoms with E-state index in [-0.39, 0.29) is 22.4 Å². The van der Waals surface area contributed by atoms with E-state index in [1.165, 1.54) is 6.07 Å². The lowest BCUT2D eigenvalue weighted by atomic mass is 9.69. The van der Waals surface area contributed by atoms with Gasteiger partial charge in [0, 0.05) is 12.1 Å². The smallest absolute Gasteiger partial charge is 0.405 e. The first-order chi connectivity index (χ1) is 17.1. The zero-order valence-electron chi connectivity index (χ0n) is 19.0. The molecule has 2 heterocycles. The van der Waals surface area contributed by atoms with Crippen molar-refractivity contribution in [3.05, 3.63) is 52.3 Å². The van der Waals surface area contributed by atoms with Crippen molar-refractivity contribution >= 4 is 34.8 Å². The summed E-state index contributed by atoms with van der Waals surface area (Å²) in [4.78, 5) is 26.9. The Morgan fingerprint density at radius 2 is 1.97 bits per heavy atom. The van der Waals surface area contributed by atoms with Crippen LogP contribution >= 0.6 is 11.6 Å². The maximum absolute atomic E-state index is 14.5. The molecule has 3 aliphatic rings. The number of hydrazine groups is 1. The fourth-order valence-corrected chi connectivity index (χ4v) is 5.60. The number of ether oxygens (including phenoxy) is 1. The lowest BCUT2D eigenvalue weighted by Crippen LogP contribution is -2.48. The quantitative estimate of drug-likeness (QED) is 0.509. The Kier molecular flexibility index (Phi) is 6.24. The normalized spacial score (nSPS) is 22.9. The number of halogens is 5. The number of rotatable bonds is 5. The molecule has 2 aliphatic heterocycles. The van der Waals surface area contributed by atoms with Crippen LogP contribution in [0, 0.1) is 5.82 Å². The third-order valence-corrected chi connectivity index (χ3v) is 7.32. The topological polar surface area (TPSA) is 82.7 Å². The highest BCUT2D eigenvalue weighted by Crippen LogP contribution is 2.53. The average molecular weight is 527 g/mol. The van der Waals surface area contributed by atoms with Crippen LogP contribution in [0.15, 0.2) is 30.3 Å². The largest absolute Gasteiger partial charge is 0.490 e. The van der Waals surface area contributed by atoms with Crippen LogP contribution in [-0.4, -0.2) is 37.2 Å². The minimum atomic E-state index is -4.58. The Labute approximate surface area is 209 Å². The summed E-state index contributed by atoms with van der Waals surface area (Å²) in [5, 5.41) is 1.57. The van der Waals surface area contributed by atoms with Gasteiger partial charge in [-0.3, -0.25) is 9.59 Å². The third-order valence-electron chi connectivity index (χ3n) is 6.95. The molecule has 2 amide bonds. The van der Waals surface area contributed by atoms with Crippen molar-refractivity contribution in [2.45, 2.75) is 49.9 Å². The molecule has 0 bridgehead atoms. The van der Waals surface area contributed by atoms with E-state index in [2.05, 4.69) is 10.9 Å². The van der Waals surface area contributed by atoms with Crippen molar-refractivity contribution in [2.75, 3.05) is 23.4 Å². The van der Waals surface area contributed by atoms with Crippen molar-refractivity contribution in [1.29, 1.82) is 0 Å². The number of nitrogens with one attached hydrogen (secondary N) is 3. The van der Waals surface area contributed by atoms with E-state index in [1.807, 2.05) is 18.2 Å². The first-order valence-corrected chi connectivity index (χ1v) is 11.9. The summed E-state index contributed by atoms with van der Waals surface area (Å²) in [6.45, 7) is -1.46. The first-order valence-electron chi connectivity index (χ1n) is 11.5. The van der Waals surface area contributed by atoms with E-state index >= 15 is 0 Å². The second-order valence-corrected chi connectivity index (χ2v) is 9.61. The van der Waals surface area contributed by atoms with Gasteiger partial charge in [0.15, 0.2) is 0 Å². The summed E-state index contributed by atoms with van der Waals surface area (Å²) in [6, 6.07) is 8.13. The first kappa shape index (κ1) is 24.6. The molecule has 12 heteroatoms. The van der Waals surface area contributed by atoms with Crippen LogP contribution in [0.2, 0.25) is 5.02 Å². The molecule has 0 saturated heterocycles. The Morgan fingerprint density at radius 1 is 1.22 bits per heavy atom. The minimum Gasteiger partial charge on any atom is -0.490 e. The molecule has 0 atom stereocenters. The van der Waals surface area contributed by atoms with Crippen LogP contribution in [0.5, 0.6) is 5.75 Å². The van der Waals surface area contributed by atoms with Crippen molar-refractivity contribution in [2.24, 2.45) is 0 Å². The summed E-state index contributed by atoms with van der Waals surface area (Å²) in [6.07, 6.45) is -3.24. The van der Waals surface area contributed by atoms with Gasteiger partial charge < -0.3 is 20.4 Å². The van der Waals surface area contributed by atoms with Gasteiger partial charge in [0.2, 0.25) is 11.8 Å². The summed E-state index contributed by atoms with van der Waals surface area (Å²) in [5.41, 5.74) is 7.48. The average Bonchev–Trinajstić information content (AvgIpc) is 3.38. The predicted molar refractivity (Wildman–Crippen MR) is 124 cm³/mol. The van der Waals surface area contributed by atoms with Gasteiger partial charge in [0.1, 0.15) is 24.7 Å². The van der Waals surface area contributed by atoms with Crippen LogP contribution in [0.4, 0.5) is 28.9 Å². The van der Waals surface area contributed by atoms with Crippen molar-refractivity contribution in [3.63, 3.8) is 0 Å². The summed E-state index contributed by atoms with van der Waals surface area (Å²) in [7, 11) is 0. The van der Waals surface area contributed by atoms with E-state index in [1.54, 1.807) is 5.32 Å². The number of fused-ring (bicyclic) bond motifs is 3. The zero-order chi connectivity index (χ0) is 25.7. The second kappa shape index (κ2) is 9.11. The van der Waals surface area contributed by atoms with Gasteiger partial charge in [0.25, 0.3) is 0 Å². The van der Waals surface area contributed by atoms with Gasteiger partial charge in [0.05, 0.1) is 27.9 Å². The Hall–Kier alpha value is -3.05. The second-order valence-electron chi connectivity index (χ2n) is 9.24. The van der Waals surface area contributed by atoms with Gasteiger partial charge in [-0.1, -0.05) is 11.6 Å². The van der Waals surface area contributed by atoms with Crippen molar-refractivity contribution in [3.8, 4) is 5.75 Å². The highest BCUT2D eigenvalue weighted by Gasteiger charge is 2.54. The van der Waals surface area contributed by atoms with Gasteiger partial charge in [-0.15, -0.1) is 0 Å². The standard InChI is InChI=1S/C24H23ClF4N4O3/c25-21-16(26)2-4-18-20(21)23(22(35)33(18)11-19(34)30-12-24(27,28)29)7-5-14(6-8-23)36-15-1-3-17-13(9-15)10-31-32-17/h1-4,9,14,31-32H,5-8,10-12H2,(H,30,34). The van der Waals surface area contributed by atoms with Crippen LogP contribution in [-0.2, 0) is 21.5 Å². The van der Waals surface area contributed by atoms with E-state index in [9.17, 15) is 27.2 Å². The molecule has 3 N–H and O–H groups in total. The van der Waals surface area contributed by atoms with Crippen LogP contribution in [0.3, 0.4) is 0 Å². The fraction of sp³-hybridized carbons (Fsp3) is 0.417. The Morgan fingerprint density at radius 3 is 2.69 bits per heavy atom. The number of hydrogen-bond donors (Lipinski definition) is 3. The third kappa shape index (κ3) is 4.45. The van der Waals surface area contributed by atoms with Crippen LogP contribution in [0.25, 0.3) is 0 Å².